The van der Waals surface area contributed by atoms with E-state index in [2.05, 4.69) is 20.5 Å². The largest absolute Gasteiger partial charge is 0.350 e. The summed E-state index contributed by atoms with van der Waals surface area (Å²) in [5.74, 6) is 0.0663. The number of benzene rings is 2. The summed E-state index contributed by atoms with van der Waals surface area (Å²) in [5.41, 5.74) is 1.89. The molecule has 9 nitrogen and oxygen atoms in total. The Hall–Kier alpha value is -4.34. The molecule has 178 valence electrons. The molecular formula is C25H24FN7O2. The predicted octanol–water partition coefficient (Wildman–Crippen LogP) is 2.63. The summed E-state index contributed by atoms with van der Waals surface area (Å²) in [7, 11) is 1.64. The van der Waals surface area contributed by atoms with Crippen molar-refractivity contribution in [3.05, 3.63) is 83.7 Å². The third-order valence-electron chi connectivity index (χ3n) is 5.92. The van der Waals surface area contributed by atoms with Crippen molar-refractivity contribution in [2.75, 3.05) is 19.6 Å². The van der Waals surface area contributed by atoms with E-state index in [0.29, 0.717) is 42.3 Å². The standard InChI is InChI=1S/C25H24FN7O2/c1-31-22(20(16-28-31)25(35)32-13-6-14-32)24(34)27-12-11-21-29-23(17-7-5-8-18(26)15-17)30-33(21)19-9-3-2-4-10-19/h2-5,7-10,15-16H,6,11-14H2,1H3,(H,27,34). The number of aromatic nitrogens is 5. The van der Waals surface area contributed by atoms with Gasteiger partial charge in [0.15, 0.2) is 5.82 Å². The van der Waals surface area contributed by atoms with E-state index in [4.69, 9.17) is 0 Å². The van der Waals surface area contributed by atoms with Crippen molar-refractivity contribution in [3.63, 3.8) is 0 Å². The number of nitrogens with one attached hydrogen (secondary N) is 1. The molecule has 35 heavy (non-hydrogen) atoms. The Morgan fingerprint density at radius 1 is 1.09 bits per heavy atom. The van der Waals surface area contributed by atoms with Gasteiger partial charge in [-0.25, -0.2) is 14.1 Å². The first-order valence-electron chi connectivity index (χ1n) is 11.4. The van der Waals surface area contributed by atoms with E-state index in [9.17, 15) is 14.0 Å². The maximum atomic E-state index is 13.8. The minimum atomic E-state index is -0.384. The fraction of sp³-hybridized carbons (Fsp3) is 0.240. The maximum Gasteiger partial charge on any atom is 0.270 e. The molecule has 0 radical (unpaired) electrons. The Balaban J connectivity index is 1.35. The summed E-state index contributed by atoms with van der Waals surface area (Å²) in [6.45, 7) is 1.64. The average Bonchev–Trinajstić information content (AvgIpc) is 3.42. The number of amides is 2. The molecule has 1 aliphatic heterocycles. The van der Waals surface area contributed by atoms with Crippen LogP contribution in [0.2, 0.25) is 0 Å². The van der Waals surface area contributed by atoms with E-state index in [0.717, 1.165) is 12.1 Å². The quantitative estimate of drug-likeness (QED) is 0.445. The van der Waals surface area contributed by atoms with Crippen molar-refractivity contribution < 1.29 is 14.0 Å². The first kappa shape index (κ1) is 22.5. The highest BCUT2D eigenvalue weighted by Crippen LogP contribution is 2.20. The second kappa shape index (κ2) is 9.49. The summed E-state index contributed by atoms with van der Waals surface area (Å²) in [6, 6.07) is 15.6. The molecule has 1 N–H and O–H groups in total. The van der Waals surface area contributed by atoms with Crippen molar-refractivity contribution in [2.24, 2.45) is 7.05 Å². The predicted molar refractivity (Wildman–Crippen MR) is 127 cm³/mol. The Labute approximate surface area is 201 Å². The zero-order valence-corrected chi connectivity index (χ0v) is 19.2. The number of hydrogen-bond acceptors (Lipinski definition) is 5. The molecule has 5 rings (SSSR count). The number of likely N-dealkylation sites (tertiary alicyclic amines) is 1. The van der Waals surface area contributed by atoms with Gasteiger partial charge in [-0.1, -0.05) is 30.3 Å². The first-order valence-corrected chi connectivity index (χ1v) is 11.4. The van der Waals surface area contributed by atoms with E-state index < -0.39 is 0 Å². The smallest absolute Gasteiger partial charge is 0.270 e. The molecule has 2 aromatic heterocycles. The SMILES string of the molecule is Cn1ncc(C(=O)N2CCC2)c1C(=O)NCCc1nc(-c2cccc(F)c2)nn1-c1ccccc1. The fourth-order valence-corrected chi connectivity index (χ4v) is 3.96. The van der Waals surface area contributed by atoms with Crippen LogP contribution < -0.4 is 5.32 Å². The number of halogens is 1. The van der Waals surface area contributed by atoms with Gasteiger partial charge in [-0.05, 0) is 30.7 Å². The molecular weight excluding hydrogens is 449 g/mol. The number of para-hydroxylation sites is 1. The number of carbonyl (C=O) groups excluding carboxylic acids is 2. The summed E-state index contributed by atoms with van der Waals surface area (Å²) in [6.07, 6.45) is 2.77. The van der Waals surface area contributed by atoms with Crippen LogP contribution >= 0.6 is 0 Å². The van der Waals surface area contributed by atoms with Crippen LogP contribution in [0.25, 0.3) is 17.1 Å². The Kier molecular flexibility index (Phi) is 6.09. The number of rotatable bonds is 7. The lowest BCUT2D eigenvalue weighted by Crippen LogP contribution is -2.43. The Morgan fingerprint density at radius 2 is 1.89 bits per heavy atom. The molecule has 0 saturated carbocycles. The van der Waals surface area contributed by atoms with Crippen LogP contribution in [0, 0.1) is 5.82 Å². The van der Waals surface area contributed by atoms with Crippen LogP contribution in [0.1, 0.15) is 33.1 Å². The third kappa shape index (κ3) is 4.54. The summed E-state index contributed by atoms with van der Waals surface area (Å²) in [5, 5.41) is 11.6. The minimum Gasteiger partial charge on any atom is -0.350 e. The lowest BCUT2D eigenvalue weighted by Gasteiger charge is -2.30. The van der Waals surface area contributed by atoms with Gasteiger partial charge < -0.3 is 10.2 Å². The topological polar surface area (TPSA) is 97.9 Å². The molecule has 4 aromatic rings. The van der Waals surface area contributed by atoms with Gasteiger partial charge in [-0.2, -0.15) is 5.10 Å². The first-order chi connectivity index (χ1) is 17.0. The van der Waals surface area contributed by atoms with Crippen molar-refractivity contribution in [2.45, 2.75) is 12.8 Å². The van der Waals surface area contributed by atoms with Gasteiger partial charge in [-0.3, -0.25) is 14.3 Å². The number of aryl methyl sites for hydroxylation is 1. The Bertz CT molecular complexity index is 1380. The van der Waals surface area contributed by atoms with Gasteiger partial charge in [0.2, 0.25) is 0 Å². The second-order valence-electron chi connectivity index (χ2n) is 8.29. The van der Waals surface area contributed by atoms with Crippen molar-refractivity contribution in [1.29, 1.82) is 0 Å². The number of hydrogen-bond donors (Lipinski definition) is 1. The normalized spacial score (nSPS) is 12.9. The highest BCUT2D eigenvalue weighted by molar-refractivity contribution is 6.06. The van der Waals surface area contributed by atoms with Crippen LogP contribution in [0.15, 0.2) is 60.8 Å². The monoisotopic (exact) mass is 473 g/mol. The van der Waals surface area contributed by atoms with Crippen molar-refractivity contribution in [3.8, 4) is 17.1 Å². The fourth-order valence-electron chi connectivity index (χ4n) is 3.96. The molecule has 3 heterocycles. The zero-order valence-electron chi connectivity index (χ0n) is 19.2. The molecule has 10 heteroatoms. The molecule has 0 unspecified atom stereocenters. The van der Waals surface area contributed by atoms with E-state index in [1.165, 1.54) is 23.0 Å². The van der Waals surface area contributed by atoms with Gasteiger partial charge in [0.1, 0.15) is 17.3 Å². The van der Waals surface area contributed by atoms with Gasteiger partial charge in [0.05, 0.1) is 17.4 Å². The molecule has 0 bridgehead atoms. The molecule has 1 fully saturated rings. The van der Waals surface area contributed by atoms with Crippen LogP contribution in [0.3, 0.4) is 0 Å². The highest BCUT2D eigenvalue weighted by Gasteiger charge is 2.28. The van der Waals surface area contributed by atoms with E-state index in [-0.39, 0.29) is 29.9 Å². The molecule has 0 atom stereocenters. The minimum absolute atomic E-state index is 0.182. The van der Waals surface area contributed by atoms with Crippen LogP contribution in [0.5, 0.6) is 0 Å². The van der Waals surface area contributed by atoms with Gasteiger partial charge in [0.25, 0.3) is 11.8 Å². The lowest BCUT2D eigenvalue weighted by molar-refractivity contribution is 0.0647. The molecule has 0 spiro atoms. The van der Waals surface area contributed by atoms with E-state index in [1.54, 1.807) is 28.8 Å². The van der Waals surface area contributed by atoms with Crippen LogP contribution in [-0.2, 0) is 13.5 Å². The van der Waals surface area contributed by atoms with Crippen LogP contribution in [-0.4, -0.2) is 60.9 Å². The second-order valence-corrected chi connectivity index (χ2v) is 8.29. The summed E-state index contributed by atoms with van der Waals surface area (Å²) >= 11 is 0. The van der Waals surface area contributed by atoms with Gasteiger partial charge in [-0.15, -0.1) is 5.10 Å². The number of carbonyl (C=O) groups is 2. The van der Waals surface area contributed by atoms with Gasteiger partial charge in [0, 0.05) is 38.7 Å². The van der Waals surface area contributed by atoms with E-state index in [1.807, 2.05) is 30.3 Å². The Morgan fingerprint density at radius 3 is 2.60 bits per heavy atom. The summed E-state index contributed by atoms with van der Waals surface area (Å²) < 4.78 is 16.9. The summed E-state index contributed by atoms with van der Waals surface area (Å²) in [4.78, 5) is 31.9. The van der Waals surface area contributed by atoms with Crippen molar-refractivity contribution in [1.82, 2.24) is 34.8 Å². The van der Waals surface area contributed by atoms with E-state index >= 15 is 0 Å². The lowest BCUT2D eigenvalue weighted by atomic mass is 10.1. The average molecular weight is 474 g/mol. The van der Waals surface area contributed by atoms with Crippen LogP contribution in [0.4, 0.5) is 4.39 Å². The highest BCUT2D eigenvalue weighted by atomic mass is 19.1. The van der Waals surface area contributed by atoms with Crippen molar-refractivity contribution >= 4 is 11.8 Å². The maximum absolute atomic E-state index is 13.8. The van der Waals surface area contributed by atoms with Gasteiger partial charge >= 0.3 is 0 Å². The molecule has 1 saturated heterocycles. The number of nitrogens with zero attached hydrogens (tertiary/aromatic N) is 6. The zero-order chi connectivity index (χ0) is 24.4. The molecule has 2 amide bonds. The third-order valence-corrected chi connectivity index (χ3v) is 5.92. The molecule has 2 aromatic carbocycles. The molecule has 0 aliphatic carbocycles. The molecule has 1 aliphatic rings.